The molecule has 86 valence electrons. The van der Waals surface area contributed by atoms with E-state index in [4.69, 9.17) is 9.11 Å². The molecule has 0 aliphatic heterocycles. The Hall–Kier alpha value is -0.390. The normalized spacial score (nSPS) is 19.0. The van der Waals surface area contributed by atoms with Crippen LogP contribution in [0.2, 0.25) is 0 Å². The van der Waals surface area contributed by atoms with Gasteiger partial charge >= 0.3 is 30.5 Å². The first kappa shape index (κ1) is 13.6. The lowest BCUT2D eigenvalue weighted by atomic mass is 10.4. The van der Waals surface area contributed by atoms with Gasteiger partial charge in [0.15, 0.2) is 0 Å². The molecular formula is C3H5F3O6S2. The summed E-state index contributed by atoms with van der Waals surface area (Å²) in [5.74, 6) is 0. The number of rotatable bonds is 3. The van der Waals surface area contributed by atoms with Gasteiger partial charge in [0.1, 0.15) is 0 Å². The van der Waals surface area contributed by atoms with Gasteiger partial charge in [-0.05, 0) is 6.92 Å². The van der Waals surface area contributed by atoms with E-state index in [0.29, 0.717) is 0 Å². The van der Waals surface area contributed by atoms with Crippen LogP contribution < -0.4 is 0 Å². The van der Waals surface area contributed by atoms with E-state index in [1.54, 1.807) is 0 Å². The van der Waals surface area contributed by atoms with E-state index in [9.17, 15) is 30.0 Å². The van der Waals surface area contributed by atoms with Gasteiger partial charge in [-0.25, -0.2) is 4.39 Å². The molecule has 1 unspecified atom stereocenters. The molecule has 0 saturated heterocycles. The highest BCUT2D eigenvalue weighted by Gasteiger charge is 2.68. The second-order valence-electron chi connectivity index (χ2n) is 2.38. The minimum atomic E-state index is -6.29. The molecule has 6 nitrogen and oxygen atoms in total. The van der Waals surface area contributed by atoms with E-state index in [0.717, 1.165) is 0 Å². The molecular weight excluding hydrogens is 253 g/mol. The van der Waals surface area contributed by atoms with Gasteiger partial charge in [0.2, 0.25) is 0 Å². The van der Waals surface area contributed by atoms with Crippen LogP contribution in [-0.4, -0.2) is 36.2 Å². The summed E-state index contributed by atoms with van der Waals surface area (Å²) in [5, 5.41) is -10.5. The Balaban J connectivity index is 5.79. The minimum Gasteiger partial charge on any atom is -0.283 e. The molecule has 14 heavy (non-hydrogen) atoms. The molecule has 0 rings (SSSR count). The fraction of sp³-hybridized carbons (Fsp3) is 1.00. The number of alkyl halides is 3. The van der Waals surface area contributed by atoms with Crippen LogP contribution in [-0.2, 0) is 20.2 Å². The summed E-state index contributed by atoms with van der Waals surface area (Å²) in [6, 6.07) is 0. The Morgan fingerprint density at radius 1 is 0.929 bits per heavy atom. The maximum absolute atomic E-state index is 12.7. The fourth-order valence-corrected chi connectivity index (χ4v) is 1.77. The zero-order valence-corrected chi connectivity index (χ0v) is 8.11. The Bertz CT molecular complexity index is 377. The van der Waals surface area contributed by atoms with E-state index < -0.39 is 37.4 Å². The molecule has 11 heteroatoms. The molecule has 0 aromatic rings. The molecule has 0 aromatic carbocycles. The number of halogens is 3. The number of hydrogen-bond acceptors (Lipinski definition) is 4. The maximum Gasteiger partial charge on any atom is 0.419 e. The van der Waals surface area contributed by atoms with Gasteiger partial charge in [-0.3, -0.25) is 9.11 Å². The van der Waals surface area contributed by atoms with Crippen LogP contribution in [0.1, 0.15) is 6.92 Å². The molecule has 0 heterocycles. The molecule has 0 bridgehead atoms. The van der Waals surface area contributed by atoms with Crippen molar-refractivity contribution in [3.05, 3.63) is 0 Å². The standard InChI is InChI=1S/C3H5F3O6S2/c1-2(4,13(7,8)9)3(5,6)14(10,11)12/h1H3,(H,7,8,9)(H,10,11,12). The monoisotopic (exact) mass is 258 g/mol. The molecule has 0 aromatic heterocycles. The molecule has 0 radical (unpaired) electrons. The summed E-state index contributed by atoms with van der Waals surface area (Å²) >= 11 is 0. The van der Waals surface area contributed by atoms with E-state index in [2.05, 4.69) is 0 Å². The third-order valence-electron chi connectivity index (χ3n) is 1.33. The molecule has 0 aliphatic rings. The van der Waals surface area contributed by atoms with Gasteiger partial charge in [-0.15, -0.1) is 0 Å². The van der Waals surface area contributed by atoms with Crippen LogP contribution in [0.5, 0.6) is 0 Å². The number of hydrogen-bond donors (Lipinski definition) is 2. The zero-order chi connectivity index (χ0) is 12.0. The highest BCUT2D eigenvalue weighted by Crippen LogP contribution is 2.39. The van der Waals surface area contributed by atoms with E-state index >= 15 is 0 Å². The summed E-state index contributed by atoms with van der Waals surface area (Å²) in [6.45, 7) is -0.393. The Morgan fingerprint density at radius 3 is 1.29 bits per heavy atom. The lowest BCUT2D eigenvalue weighted by Crippen LogP contribution is -2.52. The SMILES string of the molecule is CC(F)(C(F)(F)S(=O)(=O)O)S(=O)(=O)O. The molecule has 0 amide bonds. The lowest BCUT2D eigenvalue weighted by Gasteiger charge is -2.23. The average molecular weight is 258 g/mol. The fourth-order valence-electron chi connectivity index (χ4n) is 0.381. The van der Waals surface area contributed by atoms with E-state index in [1.165, 1.54) is 0 Å². The van der Waals surface area contributed by atoms with Crippen LogP contribution >= 0.6 is 0 Å². The van der Waals surface area contributed by atoms with Crippen LogP contribution in [0.3, 0.4) is 0 Å². The van der Waals surface area contributed by atoms with Crippen LogP contribution in [0.4, 0.5) is 13.2 Å². The third-order valence-corrected chi connectivity index (χ3v) is 3.71. The lowest BCUT2D eigenvalue weighted by molar-refractivity contribution is -0.0225. The van der Waals surface area contributed by atoms with Crippen molar-refractivity contribution in [2.45, 2.75) is 17.2 Å². The van der Waals surface area contributed by atoms with Crippen molar-refractivity contribution in [2.24, 2.45) is 0 Å². The van der Waals surface area contributed by atoms with Gasteiger partial charge < -0.3 is 0 Å². The van der Waals surface area contributed by atoms with Crippen molar-refractivity contribution in [1.29, 1.82) is 0 Å². The van der Waals surface area contributed by atoms with Crippen LogP contribution in [0, 0.1) is 0 Å². The third kappa shape index (κ3) is 1.85. The maximum atomic E-state index is 12.7. The van der Waals surface area contributed by atoms with Crippen molar-refractivity contribution in [3.63, 3.8) is 0 Å². The molecule has 0 aliphatic carbocycles. The molecule has 0 spiro atoms. The predicted octanol–water partition coefficient (Wildman–Crippen LogP) is 0.0405. The topological polar surface area (TPSA) is 109 Å². The van der Waals surface area contributed by atoms with E-state index in [1.807, 2.05) is 0 Å². The van der Waals surface area contributed by atoms with E-state index in [-0.39, 0.29) is 0 Å². The average Bonchev–Trinajstić information content (AvgIpc) is 1.81. The molecule has 1 atom stereocenters. The summed E-state index contributed by atoms with van der Waals surface area (Å²) < 4.78 is 93.5. The van der Waals surface area contributed by atoms with Crippen molar-refractivity contribution < 1.29 is 39.1 Å². The summed E-state index contributed by atoms with van der Waals surface area (Å²) in [4.78, 5) is 0. The summed E-state index contributed by atoms with van der Waals surface area (Å²) in [5.41, 5.74) is 0. The first-order chi connectivity index (χ1) is 5.75. The van der Waals surface area contributed by atoms with Gasteiger partial charge in [0.05, 0.1) is 0 Å². The Kier molecular flexibility index (Phi) is 2.96. The first-order valence-corrected chi connectivity index (χ1v) is 5.64. The van der Waals surface area contributed by atoms with Crippen molar-refractivity contribution in [1.82, 2.24) is 0 Å². The minimum absolute atomic E-state index is 0.393. The second-order valence-corrected chi connectivity index (χ2v) is 5.56. The highest BCUT2D eigenvalue weighted by molar-refractivity contribution is 7.91. The van der Waals surface area contributed by atoms with Crippen molar-refractivity contribution in [3.8, 4) is 0 Å². The Morgan fingerprint density at radius 2 is 1.21 bits per heavy atom. The zero-order valence-electron chi connectivity index (χ0n) is 6.48. The largest absolute Gasteiger partial charge is 0.419 e. The quantitative estimate of drug-likeness (QED) is 0.692. The van der Waals surface area contributed by atoms with Crippen LogP contribution in [0.25, 0.3) is 0 Å². The predicted molar refractivity (Wildman–Crippen MR) is 37.6 cm³/mol. The van der Waals surface area contributed by atoms with Crippen molar-refractivity contribution >= 4 is 20.2 Å². The molecule has 2 N–H and O–H groups in total. The van der Waals surface area contributed by atoms with Crippen LogP contribution in [0.15, 0.2) is 0 Å². The molecule has 0 fully saturated rings. The van der Waals surface area contributed by atoms with Gasteiger partial charge in [0.25, 0.3) is 0 Å². The van der Waals surface area contributed by atoms with Gasteiger partial charge in [-0.2, -0.15) is 25.6 Å². The highest BCUT2D eigenvalue weighted by atomic mass is 32.2. The molecule has 0 saturated carbocycles. The second kappa shape index (κ2) is 3.05. The Labute approximate surface area is 77.2 Å². The van der Waals surface area contributed by atoms with Crippen molar-refractivity contribution in [2.75, 3.05) is 0 Å². The van der Waals surface area contributed by atoms with Gasteiger partial charge in [0, 0.05) is 0 Å². The van der Waals surface area contributed by atoms with Gasteiger partial charge in [-0.1, -0.05) is 0 Å². The summed E-state index contributed by atoms with van der Waals surface area (Å²) in [7, 11) is -12.3. The summed E-state index contributed by atoms with van der Waals surface area (Å²) in [6.07, 6.45) is 0. The first-order valence-electron chi connectivity index (χ1n) is 2.76. The smallest absolute Gasteiger partial charge is 0.283 e.